The van der Waals surface area contributed by atoms with Crippen LogP contribution in [0.1, 0.15) is 11.7 Å². The molecule has 8 heteroatoms. The standard InChI is InChI=1S/C20H19N5O3/c1-27-16-7-5-14(6-8-16)20-23-19(28-24-20)12-18(26)21-10-9-17-22-13-15-4-2-3-11-25(15)17/h2-8,11,13H,9-10,12H2,1H3,(H,21,26). The molecule has 28 heavy (non-hydrogen) atoms. The summed E-state index contributed by atoms with van der Waals surface area (Å²) in [6.07, 6.45) is 4.44. The van der Waals surface area contributed by atoms with Crippen molar-refractivity contribution in [1.82, 2.24) is 24.8 Å². The summed E-state index contributed by atoms with van der Waals surface area (Å²) in [5.74, 6) is 2.18. The Labute approximate surface area is 161 Å². The summed E-state index contributed by atoms with van der Waals surface area (Å²) in [6.45, 7) is 0.478. The van der Waals surface area contributed by atoms with Gasteiger partial charge in [-0.05, 0) is 36.4 Å². The fraction of sp³-hybridized carbons (Fsp3) is 0.200. The number of aromatic nitrogens is 4. The van der Waals surface area contributed by atoms with E-state index in [0.717, 1.165) is 22.7 Å². The summed E-state index contributed by atoms with van der Waals surface area (Å²) >= 11 is 0. The van der Waals surface area contributed by atoms with E-state index in [2.05, 4.69) is 20.4 Å². The second-order valence-electron chi connectivity index (χ2n) is 6.19. The number of imidazole rings is 1. The van der Waals surface area contributed by atoms with Gasteiger partial charge in [-0.2, -0.15) is 4.98 Å². The molecule has 0 bridgehead atoms. The van der Waals surface area contributed by atoms with Gasteiger partial charge in [0.2, 0.25) is 17.6 Å². The Morgan fingerprint density at radius 2 is 2.07 bits per heavy atom. The van der Waals surface area contributed by atoms with Crippen LogP contribution in [0.25, 0.3) is 16.9 Å². The van der Waals surface area contributed by atoms with Crippen molar-refractivity contribution in [2.24, 2.45) is 0 Å². The molecular weight excluding hydrogens is 358 g/mol. The fourth-order valence-electron chi connectivity index (χ4n) is 2.88. The first-order chi connectivity index (χ1) is 13.7. The van der Waals surface area contributed by atoms with Crippen molar-refractivity contribution >= 4 is 11.4 Å². The molecule has 1 amide bonds. The fourth-order valence-corrected chi connectivity index (χ4v) is 2.88. The van der Waals surface area contributed by atoms with Crippen LogP contribution < -0.4 is 10.1 Å². The largest absolute Gasteiger partial charge is 0.497 e. The molecule has 1 N–H and O–H groups in total. The van der Waals surface area contributed by atoms with Crippen LogP contribution in [0.2, 0.25) is 0 Å². The summed E-state index contributed by atoms with van der Waals surface area (Å²) in [6, 6.07) is 13.2. The molecule has 0 radical (unpaired) electrons. The molecule has 1 aromatic carbocycles. The van der Waals surface area contributed by atoms with Crippen LogP contribution in [0, 0.1) is 0 Å². The van der Waals surface area contributed by atoms with E-state index in [1.165, 1.54) is 0 Å². The van der Waals surface area contributed by atoms with Crippen molar-refractivity contribution in [2.75, 3.05) is 13.7 Å². The smallest absolute Gasteiger partial charge is 0.236 e. The summed E-state index contributed by atoms with van der Waals surface area (Å²) < 4.78 is 12.3. The Morgan fingerprint density at radius 1 is 1.21 bits per heavy atom. The van der Waals surface area contributed by atoms with Gasteiger partial charge in [0.05, 0.1) is 18.8 Å². The van der Waals surface area contributed by atoms with E-state index in [-0.39, 0.29) is 18.2 Å². The Morgan fingerprint density at radius 3 is 2.89 bits per heavy atom. The first kappa shape index (κ1) is 17.7. The number of benzene rings is 1. The molecule has 0 atom stereocenters. The maximum Gasteiger partial charge on any atom is 0.236 e. The molecule has 4 rings (SSSR count). The zero-order chi connectivity index (χ0) is 19.3. The SMILES string of the molecule is COc1ccc(-c2noc(CC(=O)NCCc3ncc4ccccn34)n2)cc1. The van der Waals surface area contributed by atoms with Crippen LogP contribution in [-0.2, 0) is 17.6 Å². The minimum Gasteiger partial charge on any atom is -0.497 e. The number of fused-ring (bicyclic) bond motifs is 1. The number of ether oxygens (including phenoxy) is 1. The lowest BCUT2D eigenvalue weighted by Crippen LogP contribution is -2.27. The zero-order valence-electron chi connectivity index (χ0n) is 15.3. The van der Waals surface area contributed by atoms with Crippen LogP contribution in [-0.4, -0.2) is 39.1 Å². The topological polar surface area (TPSA) is 94.5 Å². The first-order valence-corrected chi connectivity index (χ1v) is 8.87. The van der Waals surface area contributed by atoms with Crippen molar-refractivity contribution in [3.8, 4) is 17.1 Å². The quantitative estimate of drug-likeness (QED) is 0.531. The van der Waals surface area contributed by atoms with Gasteiger partial charge in [-0.25, -0.2) is 4.98 Å². The van der Waals surface area contributed by atoms with E-state index in [9.17, 15) is 4.79 Å². The molecule has 8 nitrogen and oxygen atoms in total. The average Bonchev–Trinajstić information content (AvgIpc) is 3.35. The maximum atomic E-state index is 12.2. The molecule has 0 fully saturated rings. The highest BCUT2D eigenvalue weighted by molar-refractivity contribution is 5.77. The van der Waals surface area contributed by atoms with E-state index >= 15 is 0 Å². The van der Waals surface area contributed by atoms with Gasteiger partial charge in [-0.1, -0.05) is 11.2 Å². The van der Waals surface area contributed by atoms with Gasteiger partial charge < -0.3 is 19.0 Å². The second kappa shape index (κ2) is 7.91. The van der Waals surface area contributed by atoms with Gasteiger partial charge in [0.1, 0.15) is 18.0 Å². The molecule has 0 spiro atoms. The van der Waals surface area contributed by atoms with Gasteiger partial charge in [0.25, 0.3) is 0 Å². The number of nitrogens with one attached hydrogen (secondary N) is 1. The highest BCUT2D eigenvalue weighted by atomic mass is 16.5. The predicted octanol–water partition coefficient (Wildman–Crippen LogP) is 2.29. The van der Waals surface area contributed by atoms with Crippen LogP contribution >= 0.6 is 0 Å². The molecule has 142 valence electrons. The number of carbonyl (C=O) groups excluding carboxylic acids is 1. The Bertz CT molecular complexity index is 1080. The van der Waals surface area contributed by atoms with Gasteiger partial charge in [0, 0.05) is 24.7 Å². The van der Waals surface area contributed by atoms with E-state index in [0.29, 0.717) is 18.8 Å². The van der Waals surface area contributed by atoms with E-state index in [1.54, 1.807) is 7.11 Å². The normalized spacial score (nSPS) is 10.9. The number of rotatable bonds is 7. The van der Waals surface area contributed by atoms with Crippen LogP contribution in [0.4, 0.5) is 0 Å². The third-order valence-electron chi connectivity index (χ3n) is 4.31. The van der Waals surface area contributed by atoms with Crippen LogP contribution in [0.5, 0.6) is 5.75 Å². The monoisotopic (exact) mass is 377 g/mol. The molecule has 0 saturated carbocycles. The van der Waals surface area contributed by atoms with Gasteiger partial charge in [-0.3, -0.25) is 4.79 Å². The lowest BCUT2D eigenvalue weighted by atomic mass is 10.2. The van der Waals surface area contributed by atoms with Gasteiger partial charge >= 0.3 is 0 Å². The lowest BCUT2D eigenvalue weighted by molar-refractivity contribution is -0.120. The Hall–Kier alpha value is -3.68. The lowest BCUT2D eigenvalue weighted by Gasteiger charge is -2.03. The summed E-state index contributed by atoms with van der Waals surface area (Å²) in [7, 11) is 1.61. The first-order valence-electron chi connectivity index (χ1n) is 8.87. The number of methoxy groups -OCH3 is 1. The minimum absolute atomic E-state index is 0.0332. The van der Waals surface area contributed by atoms with Crippen molar-refractivity contribution in [3.63, 3.8) is 0 Å². The van der Waals surface area contributed by atoms with Crippen molar-refractivity contribution in [2.45, 2.75) is 12.8 Å². The Kier molecular flexibility index (Phi) is 5.01. The van der Waals surface area contributed by atoms with Crippen molar-refractivity contribution in [1.29, 1.82) is 0 Å². The molecule has 3 heterocycles. The maximum absolute atomic E-state index is 12.2. The number of nitrogens with zero attached hydrogens (tertiary/aromatic N) is 4. The number of hydrogen-bond acceptors (Lipinski definition) is 6. The average molecular weight is 377 g/mol. The third-order valence-corrected chi connectivity index (χ3v) is 4.31. The number of pyridine rings is 1. The predicted molar refractivity (Wildman–Crippen MR) is 102 cm³/mol. The van der Waals surface area contributed by atoms with Gasteiger partial charge in [-0.15, -0.1) is 0 Å². The highest BCUT2D eigenvalue weighted by Crippen LogP contribution is 2.19. The summed E-state index contributed by atoms with van der Waals surface area (Å²) in [4.78, 5) is 20.8. The highest BCUT2D eigenvalue weighted by Gasteiger charge is 2.13. The van der Waals surface area contributed by atoms with Crippen LogP contribution in [0.3, 0.4) is 0 Å². The van der Waals surface area contributed by atoms with Crippen molar-refractivity contribution < 1.29 is 14.1 Å². The molecule has 0 aliphatic heterocycles. The molecule has 0 saturated heterocycles. The number of amides is 1. The minimum atomic E-state index is -0.175. The van der Waals surface area contributed by atoms with E-state index in [4.69, 9.17) is 9.26 Å². The molecule has 4 aromatic rings. The van der Waals surface area contributed by atoms with Crippen LogP contribution in [0.15, 0.2) is 59.4 Å². The van der Waals surface area contributed by atoms with E-state index in [1.807, 2.05) is 59.3 Å². The molecule has 0 unspecified atom stereocenters. The second-order valence-corrected chi connectivity index (χ2v) is 6.19. The number of carbonyl (C=O) groups is 1. The molecule has 3 aromatic heterocycles. The summed E-state index contributed by atoms with van der Waals surface area (Å²) in [5, 5.41) is 6.79. The molecular formula is C20H19N5O3. The molecule has 0 aliphatic carbocycles. The van der Waals surface area contributed by atoms with Gasteiger partial charge in [0.15, 0.2) is 0 Å². The van der Waals surface area contributed by atoms with Crippen molar-refractivity contribution in [3.05, 3.63) is 66.6 Å². The Balaban J connectivity index is 1.31. The van der Waals surface area contributed by atoms with E-state index < -0.39 is 0 Å². The molecule has 0 aliphatic rings. The summed E-state index contributed by atoms with van der Waals surface area (Å²) in [5.41, 5.74) is 1.82. The number of hydrogen-bond donors (Lipinski definition) is 1. The zero-order valence-corrected chi connectivity index (χ0v) is 15.3. The third kappa shape index (κ3) is 3.85.